The third-order valence-electron chi connectivity index (χ3n) is 3.75. The summed E-state index contributed by atoms with van der Waals surface area (Å²) in [4.78, 5) is 2.52. The monoisotopic (exact) mass is 246 g/mol. The Hall–Kier alpha value is -1.02. The summed E-state index contributed by atoms with van der Waals surface area (Å²) in [6.07, 6.45) is 4.08. The van der Waals surface area contributed by atoms with Crippen molar-refractivity contribution in [1.29, 1.82) is 0 Å². The molecule has 0 atom stereocenters. The smallest absolute Gasteiger partial charge is 0.0369 e. The van der Waals surface area contributed by atoms with Crippen molar-refractivity contribution >= 4 is 5.69 Å². The van der Waals surface area contributed by atoms with E-state index in [0.29, 0.717) is 6.04 Å². The van der Waals surface area contributed by atoms with E-state index in [4.69, 9.17) is 0 Å². The highest BCUT2D eigenvalue weighted by molar-refractivity contribution is 5.51. The van der Waals surface area contributed by atoms with Gasteiger partial charge in [0.05, 0.1) is 0 Å². The molecule has 2 nitrogen and oxygen atoms in total. The zero-order valence-corrected chi connectivity index (χ0v) is 12.0. The summed E-state index contributed by atoms with van der Waals surface area (Å²) in [5.41, 5.74) is 4.23. The van der Waals surface area contributed by atoms with E-state index in [1.165, 1.54) is 49.2 Å². The van der Waals surface area contributed by atoms with Gasteiger partial charge in [0.25, 0.3) is 0 Å². The van der Waals surface area contributed by atoms with E-state index < -0.39 is 0 Å². The fourth-order valence-corrected chi connectivity index (χ4v) is 2.54. The fraction of sp³-hybridized carbons (Fsp3) is 0.625. The first-order valence-corrected chi connectivity index (χ1v) is 7.24. The summed E-state index contributed by atoms with van der Waals surface area (Å²) in [7, 11) is 0. The Morgan fingerprint density at radius 3 is 2.50 bits per heavy atom. The van der Waals surface area contributed by atoms with Crippen LogP contribution in [0, 0.1) is 6.92 Å². The minimum atomic E-state index is 0.547. The van der Waals surface area contributed by atoms with Crippen LogP contribution in [0.15, 0.2) is 18.2 Å². The highest BCUT2D eigenvalue weighted by atomic mass is 15.1. The number of nitrogens with zero attached hydrogens (tertiary/aromatic N) is 1. The van der Waals surface area contributed by atoms with Crippen LogP contribution < -0.4 is 10.2 Å². The maximum absolute atomic E-state index is 3.49. The predicted octanol–water partition coefficient (Wildman–Crippen LogP) is 3.48. The Morgan fingerprint density at radius 1 is 1.17 bits per heavy atom. The SMILES string of the molecule is Cc1cc(N2CCCCC2)ccc1CNC(C)C. The number of hydrogen-bond donors (Lipinski definition) is 1. The van der Waals surface area contributed by atoms with Gasteiger partial charge in [0, 0.05) is 31.4 Å². The van der Waals surface area contributed by atoms with E-state index in [9.17, 15) is 0 Å². The average Bonchev–Trinajstić information content (AvgIpc) is 2.38. The second-order valence-corrected chi connectivity index (χ2v) is 5.69. The molecule has 18 heavy (non-hydrogen) atoms. The molecule has 0 spiro atoms. The Labute approximate surface area is 111 Å². The minimum Gasteiger partial charge on any atom is -0.372 e. The molecular formula is C16H26N2. The van der Waals surface area contributed by atoms with Gasteiger partial charge in [-0.2, -0.15) is 0 Å². The second kappa shape index (κ2) is 6.24. The zero-order chi connectivity index (χ0) is 13.0. The molecule has 0 aliphatic carbocycles. The van der Waals surface area contributed by atoms with Gasteiger partial charge in [0.2, 0.25) is 0 Å². The Bertz CT molecular complexity index is 379. The molecule has 1 heterocycles. The molecule has 1 aliphatic heterocycles. The lowest BCUT2D eigenvalue weighted by Crippen LogP contribution is -2.29. The lowest BCUT2D eigenvalue weighted by molar-refractivity contribution is 0.576. The lowest BCUT2D eigenvalue weighted by atomic mass is 10.1. The number of piperidine rings is 1. The zero-order valence-electron chi connectivity index (χ0n) is 12.0. The van der Waals surface area contributed by atoms with Gasteiger partial charge in [-0.3, -0.25) is 0 Å². The molecule has 0 radical (unpaired) electrons. The topological polar surface area (TPSA) is 15.3 Å². The third kappa shape index (κ3) is 3.49. The van der Waals surface area contributed by atoms with Gasteiger partial charge in [0.15, 0.2) is 0 Å². The molecule has 0 bridgehead atoms. The molecule has 1 N–H and O–H groups in total. The first-order chi connectivity index (χ1) is 8.66. The van der Waals surface area contributed by atoms with Crippen LogP contribution in [-0.2, 0) is 6.54 Å². The Morgan fingerprint density at radius 2 is 1.89 bits per heavy atom. The summed E-state index contributed by atoms with van der Waals surface area (Å²) in [6.45, 7) is 10.0. The van der Waals surface area contributed by atoms with Crippen LogP contribution in [0.3, 0.4) is 0 Å². The highest BCUT2D eigenvalue weighted by Crippen LogP contribution is 2.22. The molecular weight excluding hydrogens is 220 g/mol. The molecule has 1 aromatic carbocycles. The molecule has 100 valence electrons. The van der Waals surface area contributed by atoms with Gasteiger partial charge in [0.1, 0.15) is 0 Å². The molecule has 2 heteroatoms. The van der Waals surface area contributed by atoms with Crippen molar-refractivity contribution < 1.29 is 0 Å². The maximum Gasteiger partial charge on any atom is 0.0369 e. The van der Waals surface area contributed by atoms with E-state index >= 15 is 0 Å². The summed E-state index contributed by atoms with van der Waals surface area (Å²) in [5.74, 6) is 0. The quantitative estimate of drug-likeness (QED) is 0.875. The third-order valence-corrected chi connectivity index (χ3v) is 3.75. The van der Waals surface area contributed by atoms with Crippen LogP contribution >= 0.6 is 0 Å². The molecule has 1 saturated heterocycles. The van der Waals surface area contributed by atoms with Crippen LogP contribution in [0.2, 0.25) is 0 Å². The molecule has 1 fully saturated rings. The fourth-order valence-electron chi connectivity index (χ4n) is 2.54. The van der Waals surface area contributed by atoms with Crippen molar-refractivity contribution in [3.8, 4) is 0 Å². The number of aryl methyl sites for hydroxylation is 1. The molecule has 1 aliphatic rings. The number of benzene rings is 1. The van der Waals surface area contributed by atoms with Crippen molar-refractivity contribution in [2.75, 3.05) is 18.0 Å². The second-order valence-electron chi connectivity index (χ2n) is 5.69. The first kappa shape index (κ1) is 13.4. The van der Waals surface area contributed by atoms with E-state index in [1.807, 2.05) is 0 Å². The van der Waals surface area contributed by atoms with Crippen molar-refractivity contribution in [3.05, 3.63) is 29.3 Å². The molecule has 0 saturated carbocycles. The normalized spacial score (nSPS) is 16.3. The van der Waals surface area contributed by atoms with E-state index in [0.717, 1.165) is 6.54 Å². The van der Waals surface area contributed by atoms with Crippen molar-refractivity contribution in [1.82, 2.24) is 5.32 Å². The largest absolute Gasteiger partial charge is 0.372 e. The standard InChI is InChI=1S/C16H26N2/c1-13(2)17-12-15-7-8-16(11-14(15)3)18-9-5-4-6-10-18/h7-8,11,13,17H,4-6,9-10,12H2,1-3H3. The van der Waals surface area contributed by atoms with Gasteiger partial charge in [-0.1, -0.05) is 19.9 Å². The lowest BCUT2D eigenvalue weighted by Gasteiger charge is -2.29. The van der Waals surface area contributed by atoms with Crippen LogP contribution in [0.1, 0.15) is 44.2 Å². The summed E-state index contributed by atoms with van der Waals surface area (Å²) < 4.78 is 0. The minimum absolute atomic E-state index is 0.547. The molecule has 0 unspecified atom stereocenters. The van der Waals surface area contributed by atoms with Gasteiger partial charge in [-0.25, -0.2) is 0 Å². The maximum atomic E-state index is 3.49. The van der Waals surface area contributed by atoms with Crippen molar-refractivity contribution in [2.24, 2.45) is 0 Å². The summed E-state index contributed by atoms with van der Waals surface area (Å²) >= 11 is 0. The molecule has 1 aromatic rings. The van der Waals surface area contributed by atoms with E-state index in [1.54, 1.807) is 0 Å². The number of rotatable bonds is 4. The summed E-state index contributed by atoms with van der Waals surface area (Å²) in [6, 6.07) is 7.47. The highest BCUT2D eigenvalue weighted by Gasteiger charge is 2.11. The van der Waals surface area contributed by atoms with Crippen molar-refractivity contribution in [2.45, 2.75) is 52.6 Å². The number of hydrogen-bond acceptors (Lipinski definition) is 2. The van der Waals surface area contributed by atoms with Crippen LogP contribution in [0.25, 0.3) is 0 Å². The summed E-state index contributed by atoms with van der Waals surface area (Å²) in [5, 5.41) is 3.49. The first-order valence-electron chi connectivity index (χ1n) is 7.24. The number of nitrogens with one attached hydrogen (secondary N) is 1. The van der Waals surface area contributed by atoms with E-state index in [-0.39, 0.29) is 0 Å². The molecule has 0 aromatic heterocycles. The van der Waals surface area contributed by atoms with Gasteiger partial charge in [-0.05, 0) is 49.4 Å². The van der Waals surface area contributed by atoms with Crippen LogP contribution in [0.4, 0.5) is 5.69 Å². The molecule has 0 amide bonds. The van der Waals surface area contributed by atoms with Crippen LogP contribution in [-0.4, -0.2) is 19.1 Å². The van der Waals surface area contributed by atoms with Gasteiger partial charge >= 0.3 is 0 Å². The van der Waals surface area contributed by atoms with Gasteiger partial charge in [-0.15, -0.1) is 0 Å². The average molecular weight is 246 g/mol. The number of anilines is 1. The van der Waals surface area contributed by atoms with Gasteiger partial charge < -0.3 is 10.2 Å². The van der Waals surface area contributed by atoms with E-state index in [2.05, 4.69) is 49.2 Å². The van der Waals surface area contributed by atoms with Crippen LogP contribution in [0.5, 0.6) is 0 Å². The Balaban J connectivity index is 2.04. The Kier molecular flexibility index (Phi) is 4.65. The van der Waals surface area contributed by atoms with Crippen molar-refractivity contribution in [3.63, 3.8) is 0 Å². The molecule has 2 rings (SSSR count). The predicted molar refractivity (Wildman–Crippen MR) is 79.2 cm³/mol.